The average molecular weight is 361 g/mol. The molecule has 0 aliphatic heterocycles. The molecule has 0 aliphatic carbocycles. The third kappa shape index (κ3) is 6.74. The summed E-state index contributed by atoms with van der Waals surface area (Å²) < 4.78 is 42.9. The van der Waals surface area contributed by atoms with Crippen molar-refractivity contribution in [2.75, 3.05) is 7.11 Å². The molecule has 0 saturated carbocycles. The summed E-state index contributed by atoms with van der Waals surface area (Å²) in [6, 6.07) is 3.28. The van der Waals surface area contributed by atoms with Gasteiger partial charge in [0, 0.05) is 6.42 Å². The van der Waals surface area contributed by atoms with Crippen molar-refractivity contribution in [1.82, 2.24) is 5.32 Å². The van der Waals surface area contributed by atoms with Crippen LogP contribution in [0, 0.1) is 5.92 Å². The van der Waals surface area contributed by atoms with Gasteiger partial charge in [-0.1, -0.05) is 32.0 Å². The third-order valence-corrected chi connectivity index (χ3v) is 3.49. The Balaban J connectivity index is 2.91. The number of hydrogen-bond donors (Lipinski definition) is 2. The number of carbonyl (C=O) groups excluding carboxylic acids is 2. The van der Waals surface area contributed by atoms with Crippen LogP contribution in [0.2, 0.25) is 0 Å². The predicted molar refractivity (Wildman–Crippen MR) is 84.6 cm³/mol. The molecule has 0 unspecified atom stereocenters. The highest BCUT2D eigenvalue weighted by molar-refractivity contribution is 5.87. The molecular formula is C17H22F3NO4. The topological polar surface area (TPSA) is 75.6 Å². The average Bonchev–Trinajstić information content (AvgIpc) is 2.52. The number of halogens is 3. The Morgan fingerprint density at radius 3 is 2.44 bits per heavy atom. The van der Waals surface area contributed by atoms with Crippen LogP contribution in [0.25, 0.3) is 0 Å². The Hall–Kier alpha value is -2.09. The summed E-state index contributed by atoms with van der Waals surface area (Å²) in [6.45, 7) is 3.63. The Labute approximate surface area is 144 Å². The van der Waals surface area contributed by atoms with Crippen LogP contribution in [0.15, 0.2) is 24.3 Å². The monoisotopic (exact) mass is 361 g/mol. The van der Waals surface area contributed by atoms with Gasteiger partial charge < -0.3 is 15.2 Å². The molecule has 0 aliphatic rings. The fourth-order valence-electron chi connectivity index (χ4n) is 2.27. The molecule has 8 heteroatoms. The van der Waals surface area contributed by atoms with E-state index in [2.05, 4.69) is 10.1 Å². The molecule has 1 aromatic carbocycles. The number of carbonyl (C=O) groups is 2. The van der Waals surface area contributed by atoms with Gasteiger partial charge in [-0.3, -0.25) is 4.79 Å². The number of benzene rings is 1. The van der Waals surface area contributed by atoms with Crippen LogP contribution >= 0.6 is 0 Å². The van der Waals surface area contributed by atoms with Gasteiger partial charge in [-0.25, -0.2) is 4.79 Å². The second-order valence-electron chi connectivity index (χ2n) is 6.13. The highest BCUT2D eigenvalue weighted by Crippen LogP contribution is 2.29. The van der Waals surface area contributed by atoms with E-state index in [4.69, 9.17) is 0 Å². The Kier molecular flexibility index (Phi) is 7.41. The zero-order valence-corrected chi connectivity index (χ0v) is 14.3. The number of alkyl halides is 3. The molecule has 0 bridgehead atoms. The van der Waals surface area contributed by atoms with Gasteiger partial charge in [-0.15, -0.1) is 0 Å². The van der Waals surface area contributed by atoms with Crippen LogP contribution < -0.4 is 5.32 Å². The highest BCUT2D eigenvalue weighted by atomic mass is 19.4. The van der Waals surface area contributed by atoms with E-state index < -0.39 is 35.8 Å². The maximum atomic E-state index is 12.8. The molecule has 0 fully saturated rings. The lowest BCUT2D eigenvalue weighted by Crippen LogP contribution is -2.47. The van der Waals surface area contributed by atoms with Crippen molar-refractivity contribution in [2.45, 2.75) is 45.0 Å². The summed E-state index contributed by atoms with van der Waals surface area (Å²) in [5.74, 6) is -1.51. The minimum Gasteiger partial charge on any atom is -0.467 e. The van der Waals surface area contributed by atoms with Gasteiger partial charge in [0.1, 0.15) is 12.1 Å². The lowest BCUT2D eigenvalue weighted by Gasteiger charge is -2.20. The summed E-state index contributed by atoms with van der Waals surface area (Å²) in [6.07, 6.45) is -5.80. The molecule has 1 rings (SSSR count). The van der Waals surface area contributed by atoms with E-state index in [-0.39, 0.29) is 24.3 Å². The van der Waals surface area contributed by atoms with E-state index in [1.54, 1.807) is 0 Å². The smallest absolute Gasteiger partial charge is 0.416 e. The standard InChI is InChI=1S/C17H22F3NO4/c1-10(2)7-14(22)15(23)21-13(16(24)25-3)9-11-5-4-6-12(8-11)17(18,19)20/h4-6,8,10,13-14,22H,7,9H2,1-3H3,(H,21,23)/t13-,14+/m1/s1. The maximum absolute atomic E-state index is 12.8. The van der Waals surface area contributed by atoms with Gasteiger partial charge in [0.2, 0.25) is 5.91 Å². The van der Waals surface area contributed by atoms with Crippen molar-refractivity contribution >= 4 is 11.9 Å². The van der Waals surface area contributed by atoms with Crippen molar-refractivity contribution in [3.8, 4) is 0 Å². The molecule has 0 heterocycles. The molecule has 25 heavy (non-hydrogen) atoms. The number of aliphatic hydroxyl groups is 1. The first-order valence-corrected chi connectivity index (χ1v) is 7.77. The molecule has 0 spiro atoms. The second-order valence-corrected chi connectivity index (χ2v) is 6.13. The van der Waals surface area contributed by atoms with Crippen LogP contribution in [-0.2, 0) is 26.9 Å². The quantitative estimate of drug-likeness (QED) is 0.731. The Bertz CT molecular complexity index is 602. The first-order valence-electron chi connectivity index (χ1n) is 7.77. The normalized spacial score (nSPS) is 14.1. The van der Waals surface area contributed by atoms with E-state index in [9.17, 15) is 27.9 Å². The van der Waals surface area contributed by atoms with Gasteiger partial charge in [0.25, 0.3) is 0 Å². The van der Waals surface area contributed by atoms with Gasteiger partial charge in [-0.2, -0.15) is 13.2 Å². The fourth-order valence-corrected chi connectivity index (χ4v) is 2.27. The summed E-state index contributed by atoms with van der Waals surface area (Å²) in [4.78, 5) is 23.8. The van der Waals surface area contributed by atoms with Gasteiger partial charge in [0.15, 0.2) is 0 Å². The molecule has 2 N–H and O–H groups in total. The van der Waals surface area contributed by atoms with E-state index in [1.165, 1.54) is 12.1 Å². The molecule has 0 radical (unpaired) electrons. The molecular weight excluding hydrogens is 339 g/mol. The van der Waals surface area contributed by atoms with Gasteiger partial charge in [0.05, 0.1) is 12.7 Å². The van der Waals surface area contributed by atoms with Crippen LogP contribution in [0.3, 0.4) is 0 Å². The SMILES string of the molecule is COC(=O)[C@@H](Cc1cccc(C(F)(F)F)c1)NC(=O)[C@@H](O)CC(C)C. The number of methoxy groups -OCH3 is 1. The largest absolute Gasteiger partial charge is 0.467 e. The molecule has 1 amide bonds. The second kappa shape index (κ2) is 8.84. The number of rotatable bonds is 7. The van der Waals surface area contributed by atoms with E-state index >= 15 is 0 Å². The molecule has 0 aromatic heterocycles. The minimum atomic E-state index is -4.51. The molecule has 0 saturated heterocycles. The van der Waals surface area contributed by atoms with E-state index in [0.29, 0.717) is 0 Å². The van der Waals surface area contributed by atoms with Crippen LogP contribution in [0.1, 0.15) is 31.4 Å². The third-order valence-electron chi connectivity index (χ3n) is 3.49. The number of esters is 1. The minimum absolute atomic E-state index is 0.0563. The first kappa shape index (κ1) is 21.0. The number of aliphatic hydroxyl groups excluding tert-OH is 1. The van der Waals surface area contributed by atoms with Crippen LogP contribution in [0.4, 0.5) is 13.2 Å². The number of hydrogen-bond acceptors (Lipinski definition) is 4. The van der Waals surface area contributed by atoms with Crippen molar-refractivity contribution in [3.05, 3.63) is 35.4 Å². The first-order chi connectivity index (χ1) is 11.5. The predicted octanol–water partition coefficient (Wildman–Crippen LogP) is 2.31. The molecule has 2 atom stereocenters. The van der Waals surface area contributed by atoms with Crippen molar-refractivity contribution in [1.29, 1.82) is 0 Å². The number of amides is 1. The van der Waals surface area contributed by atoms with Crippen molar-refractivity contribution in [2.24, 2.45) is 5.92 Å². The highest BCUT2D eigenvalue weighted by Gasteiger charge is 2.31. The zero-order chi connectivity index (χ0) is 19.2. The summed E-state index contributed by atoms with van der Waals surface area (Å²) >= 11 is 0. The Morgan fingerprint density at radius 2 is 1.92 bits per heavy atom. The van der Waals surface area contributed by atoms with Crippen LogP contribution in [-0.4, -0.2) is 36.2 Å². The summed E-state index contributed by atoms with van der Waals surface area (Å²) in [5.41, 5.74) is -0.636. The van der Waals surface area contributed by atoms with Gasteiger partial charge >= 0.3 is 12.1 Å². The maximum Gasteiger partial charge on any atom is 0.416 e. The lowest BCUT2D eigenvalue weighted by molar-refractivity contribution is -0.146. The van der Waals surface area contributed by atoms with Crippen molar-refractivity contribution in [3.63, 3.8) is 0 Å². The fraction of sp³-hybridized carbons (Fsp3) is 0.529. The van der Waals surface area contributed by atoms with Gasteiger partial charge in [-0.05, 0) is 24.0 Å². The zero-order valence-electron chi connectivity index (χ0n) is 14.3. The number of ether oxygens (including phenoxy) is 1. The lowest BCUT2D eigenvalue weighted by atomic mass is 10.0. The molecule has 1 aromatic rings. The van der Waals surface area contributed by atoms with E-state index in [0.717, 1.165) is 19.2 Å². The summed E-state index contributed by atoms with van der Waals surface area (Å²) in [7, 11) is 1.11. The number of nitrogens with one attached hydrogen (secondary N) is 1. The van der Waals surface area contributed by atoms with Crippen molar-refractivity contribution < 1.29 is 32.6 Å². The van der Waals surface area contributed by atoms with Crippen LogP contribution in [0.5, 0.6) is 0 Å². The molecule has 140 valence electrons. The summed E-state index contributed by atoms with van der Waals surface area (Å²) in [5, 5.41) is 12.1. The molecule has 5 nitrogen and oxygen atoms in total. The van der Waals surface area contributed by atoms with E-state index in [1.807, 2.05) is 13.8 Å². The Morgan fingerprint density at radius 1 is 1.28 bits per heavy atom.